The van der Waals surface area contributed by atoms with Crippen molar-refractivity contribution < 1.29 is 27.0 Å². The topological polar surface area (TPSA) is 18.5 Å². The molecule has 2 aromatic carbocycles. The van der Waals surface area contributed by atoms with E-state index in [0.29, 0.717) is 11.1 Å². The third kappa shape index (κ3) is 5.21. The van der Waals surface area contributed by atoms with Crippen molar-refractivity contribution in [1.82, 2.24) is 0 Å². The Hall–Kier alpha value is -2.08. The van der Waals surface area contributed by atoms with Crippen LogP contribution in [0.3, 0.4) is 0 Å². The molecule has 0 bridgehead atoms. The molecule has 26 heavy (non-hydrogen) atoms. The van der Waals surface area contributed by atoms with Crippen LogP contribution in [0.2, 0.25) is 0 Å². The van der Waals surface area contributed by atoms with Gasteiger partial charge in [-0.1, -0.05) is 56.3 Å². The van der Waals surface area contributed by atoms with Gasteiger partial charge in [-0.3, -0.25) is 0 Å². The molecule has 0 radical (unpaired) electrons. The van der Waals surface area contributed by atoms with Crippen molar-refractivity contribution in [3.63, 3.8) is 0 Å². The van der Waals surface area contributed by atoms with Gasteiger partial charge < -0.3 is 9.47 Å². The molecule has 0 saturated carbocycles. The molecule has 0 heterocycles. The second kappa shape index (κ2) is 8.54. The van der Waals surface area contributed by atoms with Crippen LogP contribution in [0.1, 0.15) is 38.8 Å². The maximum atomic E-state index is 14.1. The lowest BCUT2D eigenvalue weighted by Crippen LogP contribution is -2.50. The number of ether oxygens (including phenoxy) is 2. The van der Waals surface area contributed by atoms with Gasteiger partial charge >= 0.3 is 12.2 Å². The Balaban J connectivity index is 0.00000163. The van der Waals surface area contributed by atoms with Gasteiger partial charge in [0.25, 0.3) is 0 Å². The summed E-state index contributed by atoms with van der Waals surface area (Å²) >= 11 is 0. The summed E-state index contributed by atoms with van der Waals surface area (Å²) in [6, 6.07) is 13.3. The van der Waals surface area contributed by atoms with Crippen LogP contribution in [0.4, 0.5) is 17.6 Å². The summed E-state index contributed by atoms with van der Waals surface area (Å²) in [4.78, 5) is 0. The zero-order valence-electron chi connectivity index (χ0n) is 15.5. The molecule has 0 aliphatic heterocycles. The Labute approximate surface area is 151 Å². The lowest BCUT2D eigenvalue weighted by atomic mass is 9.93. The molecule has 0 aromatic heterocycles. The number of hydrogen-bond donors (Lipinski definition) is 0. The molecule has 2 rings (SSSR count). The van der Waals surface area contributed by atoms with E-state index in [0.717, 1.165) is 12.1 Å². The van der Waals surface area contributed by atoms with Gasteiger partial charge in [0.1, 0.15) is 5.75 Å². The molecule has 144 valence electrons. The van der Waals surface area contributed by atoms with E-state index in [-0.39, 0.29) is 5.75 Å². The third-order valence-electron chi connectivity index (χ3n) is 3.51. The van der Waals surface area contributed by atoms with Crippen molar-refractivity contribution in [2.45, 2.75) is 52.4 Å². The normalized spacial score (nSPS) is 12.2. The molecule has 0 unspecified atom stereocenters. The number of hydrogen-bond acceptors (Lipinski definition) is 2. The SMILES string of the molecule is CC.Cc1ccccc1C(C)(C)OC(F)(F)C(F)(F)Oc1ccccc1. The van der Waals surface area contributed by atoms with E-state index in [1.807, 2.05) is 13.8 Å². The Bertz CT molecular complexity index is 685. The van der Waals surface area contributed by atoms with Gasteiger partial charge in [0.15, 0.2) is 0 Å². The van der Waals surface area contributed by atoms with Crippen LogP contribution in [-0.2, 0) is 10.3 Å². The summed E-state index contributed by atoms with van der Waals surface area (Å²) in [6.45, 7) is 8.31. The number of para-hydroxylation sites is 1. The average molecular weight is 372 g/mol. The van der Waals surface area contributed by atoms with Crippen LogP contribution >= 0.6 is 0 Å². The molecule has 0 amide bonds. The van der Waals surface area contributed by atoms with Crippen molar-refractivity contribution in [3.05, 3.63) is 65.7 Å². The minimum Gasteiger partial charge on any atom is -0.426 e. The number of halogens is 4. The summed E-state index contributed by atoms with van der Waals surface area (Å²) in [6.07, 6.45) is -9.65. The Kier molecular flexibility index (Phi) is 7.21. The predicted molar refractivity (Wildman–Crippen MR) is 93.6 cm³/mol. The highest BCUT2D eigenvalue weighted by Crippen LogP contribution is 2.42. The van der Waals surface area contributed by atoms with Crippen LogP contribution in [0.15, 0.2) is 54.6 Å². The number of aryl methyl sites for hydroxylation is 1. The van der Waals surface area contributed by atoms with Crippen molar-refractivity contribution in [2.24, 2.45) is 0 Å². The van der Waals surface area contributed by atoms with E-state index < -0.39 is 17.8 Å². The Morgan fingerprint density at radius 2 is 1.23 bits per heavy atom. The maximum absolute atomic E-state index is 14.1. The second-order valence-corrected chi connectivity index (χ2v) is 5.88. The zero-order valence-corrected chi connectivity index (χ0v) is 15.5. The maximum Gasteiger partial charge on any atom is 0.494 e. The number of alkyl halides is 4. The summed E-state index contributed by atoms with van der Waals surface area (Å²) in [5.74, 6) is -0.375. The molecule has 0 spiro atoms. The molecule has 6 heteroatoms. The van der Waals surface area contributed by atoms with Crippen LogP contribution in [0.25, 0.3) is 0 Å². The molecule has 0 aliphatic rings. The van der Waals surface area contributed by atoms with E-state index in [9.17, 15) is 17.6 Å². The molecule has 2 nitrogen and oxygen atoms in total. The van der Waals surface area contributed by atoms with Crippen molar-refractivity contribution in [3.8, 4) is 5.75 Å². The third-order valence-corrected chi connectivity index (χ3v) is 3.51. The van der Waals surface area contributed by atoms with Crippen LogP contribution in [0.5, 0.6) is 5.75 Å². The standard InChI is InChI=1S/C18H18F4O2.C2H6/c1-13-9-7-8-12-15(13)16(2,3)24-18(21,22)17(19,20)23-14-10-5-4-6-11-14;1-2/h4-12H,1-3H3;1-2H3. The van der Waals surface area contributed by atoms with Crippen molar-refractivity contribution in [1.29, 1.82) is 0 Å². The molecule has 0 N–H and O–H groups in total. The first-order chi connectivity index (χ1) is 12.1. The smallest absolute Gasteiger partial charge is 0.426 e. The minimum absolute atomic E-state index is 0.375. The lowest BCUT2D eigenvalue weighted by Gasteiger charge is -2.34. The van der Waals surface area contributed by atoms with E-state index >= 15 is 0 Å². The van der Waals surface area contributed by atoms with Crippen molar-refractivity contribution in [2.75, 3.05) is 0 Å². The van der Waals surface area contributed by atoms with Gasteiger partial charge in [0.05, 0.1) is 5.60 Å². The first-order valence-electron chi connectivity index (χ1n) is 8.31. The number of benzene rings is 2. The van der Waals surface area contributed by atoms with Crippen LogP contribution < -0.4 is 4.74 Å². The Morgan fingerprint density at radius 3 is 1.77 bits per heavy atom. The molecule has 0 fully saturated rings. The first-order valence-corrected chi connectivity index (χ1v) is 8.31. The van der Waals surface area contributed by atoms with Gasteiger partial charge in [-0.15, -0.1) is 0 Å². The summed E-state index contributed by atoms with van der Waals surface area (Å²) in [5.41, 5.74) is -0.594. The molecule has 2 aromatic rings. The average Bonchev–Trinajstić information content (AvgIpc) is 2.56. The second-order valence-electron chi connectivity index (χ2n) is 5.88. The summed E-state index contributed by atoms with van der Waals surface area (Å²) in [5, 5.41) is 0. The summed E-state index contributed by atoms with van der Waals surface area (Å²) < 4.78 is 64.8. The van der Waals surface area contributed by atoms with Gasteiger partial charge in [-0.25, -0.2) is 0 Å². The largest absolute Gasteiger partial charge is 0.494 e. The highest BCUT2D eigenvalue weighted by molar-refractivity contribution is 5.30. The fourth-order valence-electron chi connectivity index (χ4n) is 2.38. The molecule has 0 aliphatic carbocycles. The lowest BCUT2D eigenvalue weighted by molar-refractivity contribution is -0.430. The van der Waals surface area contributed by atoms with Gasteiger partial charge in [-0.2, -0.15) is 17.6 Å². The molecular weight excluding hydrogens is 348 g/mol. The highest BCUT2D eigenvalue weighted by Gasteiger charge is 2.63. The molecular formula is C20H24F4O2. The molecule has 0 atom stereocenters. The highest BCUT2D eigenvalue weighted by atomic mass is 19.3. The van der Waals surface area contributed by atoms with E-state index in [4.69, 9.17) is 0 Å². The van der Waals surface area contributed by atoms with E-state index in [2.05, 4.69) is 9.47 Å². The fourth-order valence-corrected chi connectivity index (χ4v) is 2.38. The van der Waals surface area contributed by atoms with Crippen molar-refractivity contribution >= 4 is 0 Å². The van der Waals surface area contributed by atoms with E-state index in [1.165, 1.54) is 26.0 Å². The van der Waals surface area contributed by atoms with Gasteiger partial charge in [0.2, 0.25) is 0 Å². The van der Waals surface area contributed by atoms with E-state index in [1.54, 1.807) is 37.3 Å². The van der Waals surface area contributed by atoms with Gasteiger partial charge in [0, 0.05) is 0 Å². The van der Waals surface area contributed by atoms with Gasteiger partial charge in [-0.05, 0) is 44.0 Å². The predicted octanol–water partition coefficient (Wildman–Crippen LogP) is 6.54. The Morgan fingerprint density at radius 1 is 0.731 bits per heavy atom. The minimum atomic E-state index is -4.83. The van der Waals surface area contributed by atoms with Crippen LogP contribution in [-0.4, -0.2) is 12.2 Å². The monoisotopic (exact) mass is 372 g/mol. The quantitative estimate of drug-likeness (QED) is 0.536. The fraction of sp³-hybridized carbons (Fsp3) is 0.400. The summed E-state index contributed by atoms with van der Waals surface area (Å²) in [7, 11) is 0. The first kappa shape index (κ1) is 22.0. The number of rotatable bonds is 6. The van der Waals surface area contributed by atoms with Crippen LogP contribution in [0, 0.1) is 6.92 Å². The molecule has 0 saturated heterocycles. The zero-order chi connectivity index (χ0) is 20.0.